The fourth-order valence-corrected chi connectivity index (χ4v) is 2.98. The Morgan fingerprint density at radius 3 is 2.33 bits per heavy atom. The Bertz CT molecular complexity index is 822. The third-order valence-corrected chi connectivity index (χ3v) is 4.30. The molecule has 0 saturated carbocycles. The van der Waals surface area contributed by atoms with Crippen LogP contribution in [0.3, 0.4) is 0 Å². The van der Waals surface area contributed by atoms with Crippen molar-refractivity contribution in [2.24, 2.45) is 0 Å². The summed E-state index contributed by atoms with van der Waals surface area (Å²) in [6, 6.07) is 24.2. The fraction of sp³-hybridized carbons (Fsp3) is 0.190. The number of carbonyl (C=O) groups excluding carboxylic acids is 1. The molecule has 0 aliphatic carbocycles. The summed E-state index contributed by atoms with van der Waals surface area (Å²) in [7, 11) is 4.06. The highest BCUT2D eigenvalue weighted by Gasteiger charge is 2.16. The number of likely N-dealkylation sites (N-methyl/N-ethyl adjacent to an activating group) is 1. The maximum absolute atomic E-state index is 12.7. The zero-order valence-corrected chi connectivity index (χ0v) is 14.1. The van der Waals surface area contributed by atoms with Crippen LogP contribution in [0.2, 0.25) is 0 Å². The Morgan fingerprint density at radius 2 is 1.58 bits per heavy atom. The molecule has 0 bridgehead atoms. The van der Waals surface area contributed by atoms with Crippen LogP contribution in [-0.4, -0.2) is 31.4 Å². The Labute approximate surface area is 142 Å². The van der Waals surface area contributed by atoms with E-state index in [1.807, 2.05) is 74.8 Å². The van der Waals surface area contributed by atoms with E-state index in [4.69, 9.17) is 0 Å². The topological polar surface area (TPSA) is 32.3 Å². The van der Waals surface area contributed by atoms with Gasteiger partial charge in [-0.3, -0.25) is 4.79 Å². The molecule has 3 rings (SSSR count). The molecule has 0 aliphatic rings. The van der Waals surface area contributed by atoms with Gasteiger partial charge in [-0.2, -0.15) is 0 Å². The maximum atomic E-state index is 12.7. The average Bonchev–Trinajstić information content (AvgIpc) is 2.62. The van der Waals surface area contributed by atoms with Crippen molar-refractivity contribution < 1.29 is 4.79 Å². The zero-order valence-electron chi connectivity index (χ0n) is 14.1. The van der Waals surface area contributed by atoms with Crippen molar-refractivity contribution in [2.75, 3.05) is 20.6 Å². The Balaban J connectivity index is 1.79. The first-order chi connectivity index (χ1) is 11.7. The zero-order chi connectivity index (χ0) is 16.9. The molecule has 3 nitrogen and oxygen atoms in total. The molecule has 122 valence electrons. The molecule has 0 unspecified atom stereocenters. The Kier molecular flexibility index (Phi) is 4.92. The van der Waals surface area contributed by atoms with Crippen LogP contribution >= 0.6 is 0 Å². The van der Waals surface area contributed by atoms with Crippen LogP contribution in [0.5, 0.6) is 0 Å². The molecule has 3 aromatic rings. The number of hydrogen-bond acceptors (Lipinski definition) is 2. The van der Waals surface area contributed by atoms with Crippen LogP contribution in [-0.2, 0) is 0 Å². The van der Waals surface area contributed by atoms with Gasteiger partial charge in [-0.05, 0) is 36.5 Å². The monoisotopic (exact) mass is 318 g/mol. The van der Waals surface area contributed by atoms with Gasteiger partial charge >= 0.3 is 0 Å². The van der Waals surface area contributed by atoms with Crippen LogP contribution < -0.4 is 5.32 Å². The van der Waals surface area contributed by atoms with E-state index in [1.165, 1.54) is 5.56 Å². The molecule has 1 N–H and O–H groups in total. The fourth-order valence-electron chi connectivity index (χ4n) is 2.98. The molecule has 0 radical (unpaired) electrons. The maximum Gasteiger partial charge on any atom is 0.251 e. The molecular weight excluding hydrogens is 296 g/mol. The summed E-state index contributed by atoms with van der Waals surface area (Å²) in [5, 5.41) is 5.16. The second-order valence-electron chi connectivity index (χ2n) is 6.13. The van der Waals surface area contributed by atoms with E-state index in [2.05, 4.69) is 22.3 Å². The second-order valence-corrected chi connectivity index (χ2v) is 6.13. The summed E-state index contributed by atoms with van der Waals surface area (Å²) in [5.41, 5.74) is 1.92. The largest absolute Gasteiger partial charge is 0.350 e. The third kappa shape index (κ3) is 3.47. The van der Waals surface area contributed by atoms with E-state index >= 15 is 0 Å². The number of nitrogens with zero attached hydrogens (tertiary/aromatic N) is 1. The number of rotatable bonds is 5. The standard InChI is InChI=1S/C21H22N2O/c1-23(2)20(17-10-4-3-5-11-17)15-22-21(24)19-14-8-12-16-9-6-7-13-18(16)19/h3-14,20H,15H2,1-2H3,(H,22,24)/t20-/m1/s1. The van der Waals surface area contributed by atoms with Crippen molar-refractivity contribution in [1.82, 2.24) is 10.2 Å². The van der Waals surface area contributed by atoms with Crippen LogP contribution in [0.1, 0.15) is 22.0 Å². The first-order valence-corrected chi connectivity index (χ1v) is 8.14. The molecule has 1 atom stereocenters. The predicted molar refractivity (Wildman–Crippen MR) is 99.2 cm³/mol. The van der Waals surface area contributed by atoms with Crippen LogP contribution in [0.4, 0.5) is 0 Å². The van der Waals surface area contributed by atoms with Gasteiger partial charge in [0.2, 0.25) is 0 Å². The molecule has 0 fully saturated rings. The molecule has 0 saturated heterocycles. The van der Waals surface area contributed by atoms with E-state index in [0.29, 0.717) is 6.54 Å². The lowest BCUT2D eigenvalue weighted by Crippen LogP contribution is -2.34. The van der Waals surface area contributed by atoms with Crippen molar-refractivity contribution in [2.45, 2.75) is 6.04 Å². The molecule has 0 heterocycles. The minimum absolute atomic E-state index is 0.0328. The summed E-state index contributed by atoms with van der Waals surface area (Å²) in [5.74, 6) is -0.0328. The quantitative estimate of drug-likeness (QED) is 0.774. The first kappa shape index (κ1) is 16.2. The molecule has 0 aliphatic heterocycles. The van der Waals surface area contributed by atoms with Gasteiger partial charge in [0.25, 0.3) is 5.91 Å². The Hall–Kier alpha value is -2.65. The highest BCUT2D eigenvalue weighted by atomic mass is 16.1. The molecule has 0 aromatic heterocycles. The number of amides is 1. The van der Waals surface area contributed by atoms with Gasteiger partial charge in [0.1, 0.15) is 0 Å². The number of hydrogen-bond donors (Lipinski definition) is 1. The smallest absolute Gasteiger partial charge is 0.251 e. The van der Waals surface area contributed by atoms with Gasteiger partial charge in [-0.25, -0.2) is 0 Å². The van der Waals surface area contributed by atoms with E-state index in [9.17, 15) is 4.79 Å². The van der Waals surface area contributed by atoms with Crippen molar-refractivity contribution in [3.8, 4) is 0 Å². The molecule has 0 spiro atoms. The van der Waals surface area contributed by atoms with Crippen molar-refractivity contribution in [3.05, 3.63) is 83.9 Å². The summed E-state index contributed by atoms with van der Waals surface area (Å²) in [6.07, 6.45) is 0. The Morgan fingerprint density at radius 1 is 0.917 bits per heavy atom. The van der Waals surface area contributed by atoms with Gasteiger partial charge in [0.05, 0.1) is 6.04 Å². The third-order valence-electron chi connectivity index (χ3n) is 4.30. The van der Waals surface area contributed by atoms with Crippen LogP contribution in [0.25, 0.3) is 10.8 Å². The second kappa shape index (κ2) is 7.28. The van der Waals surface area contributed by atoms with E-state index in [0.717, 1.165) is 16.3 Å². The lowest BCUT2D eigenvalue weighted by molar-refractivity contribution is 0.0943. The molecule has 3 heteroatoms. The van der Waals surface area contributed by atoms with Gasteiger partial charge in [0, 0.05) is 12.1 Å². The summed E-state index contributed by atoms with van der Waals surface area (Å²) in [4.78, 5) is 14.8. The van der Waals surface area contributed by atoms with Gasteiger partial charge in [0.15, 0.2) is 0 Å². The molecule has 24 heavy (non-hydrogen) atoms. The molecule has 3 aromatic carbocycles. The number of nitrogens with one attached hydrogen (secondary N) is 1. The SMILES string of the molecule is CN(C)[C@H](CNC(=O)c1cccc2ccccc12)c1ccccc1. The molecular formula is C21H22N2O. The van der Waals surface area contributed by atoms with Gasteiger partial charge in [-0.15, -0.1) is 0 Å². The number of carbonyl (C=O) groups is 1. The predicted octanol–water partition coefficient (Wildman–Crippen LogP) is 3.87. The number of fused-ring (bicyclic) bond motifs is 1. The normalized spacial score (nSPS) is 12.3. The molecule has 1 amide bonds. The summed E-state index contributed by atoms with van der Waals surface area (Å²) in [6.45, 7) is 0.569. The highest BCUT2D eigenvalue weighted by Crippen LogP contribution is 2.20. The van der Waals surface area contributed by atoms with Gasteiger partial charge in [-0.1, -0.05) is 66.7 Å². The lowest BCUT2D eigenvalue weighted by Gasteiger charge is -2.25. The average molecular weight is 318 g/mol. The van der Waals surface area contributed by atoms with Crippen LogP contribution in [0.15, 0.2) is 72.8 Å². The van der Waals surface area contributed by atoms with Crippen molar-refractivity contribution in [3.63, 3.8) is 0 Å². The van der Waals surface area contributed by atoms with Crippen LogP contribution in [0, 0.1) is 0 Å². The summed E-state index contributed by atoms with van der Waals surface area (Å²) < 4.78 is 0. The van der Waals surface area contributed by atoms with E-state index < -0.39 is 0 Å². The minimum atomic E-state index is -0.0328. The highest BCUT2D eigenvalue weighted by molar-refractivity contribution is 6.07. The first-order valence-electron chi connectivity index (χ1n) is 8.14. The summed E-state index contributed by atoms with van der Waals surface area (Å²) >= 11 is 0. The lowest BCUT2D eigenvalue weighted by atomic mass is 10.0. The minimum Gasteiger partial charge on any atom is -0.350 e. The number of benzene rings is 3. The van der Waals surface area contributed by atoms with E-state index in [1.54, 1.807) is 0 Å². The van der Waals surface area contributed by atoms with Crippen molar-refractivity contribution >= 4 is 16.7 Å². The van der Waals surface area contributed by atoms with Crippen molar-refractivity contribution in [1.29, 1.82) is 0 Å². The van der Waals surface area contributed by atoms with Gasteiger partial charge < -0.3 is 10.2 Å². The van der Waals surface area contributed by atoms with E-state index in [-0.39, 0.29) is 11.9 Å².